The summed E-state index contributed by atoms with van der Waals surface area (Å²) in [6.07, 6.45) is 1.67. The maximum Gasteiger partial charge on any atom is 0.308 e. The van der Waals surface area contributed by atoms with E-state index in [1.165, 1.54) is 11.8 Å². The number of hydrogen-bond acceptors (Lipinski definition) is 5. The van der Waals surface area contributed by atoms with Crippen LogP contribution in [0.5, 0.6) is 5.75 Å². The number of nitrogens with zero attached hydrogens (tertiary/aromatic N) is 1. The first-order chi connectivity index (χ1) is 12.4. The fourth-order valence-electron chi connectivity index (χ4n) is 2.58. The van der Waals surface area contributed by atoms with E-state index < -0.39 is 5.97 Å². The molecule has 0 spiro atoms. The highest BCUT2D eigenvalue weighted by molar-refractivity contribution is 8.18. The van der Waals surface area contributed by atoms with Crippen LogP contribution in [0, 0.1) is 6.92 Å². The number of ether oxygens (including phenoxy) is 1. The van der Waals surface area contributed by atoms with Crippen LogP contribution in [0.3, 0.4) is 0 Å². The maximum atomic E-state index is 12.6. The summed E-state index contributed by atoms with van der Waals surface area (Å²) in [7, 11) is 0. The summed E-state index contributed by atoms with van der Waals surface area (Å²) in [6, 6.07) is 14.5. The zero-order valence-corrected chi connectivity index (χ0v) is 15.2. The summed E-state index contributed by atoms with van der Waals surface area (Å²) in [5, 5.41) is -0.278. The number of hydrogen-bond donors (Lipinski definition) is 0. The average Bonchev–Trinajstić information content (AvgIpc) is 2.84. The minimum absolute atomic E-state index is 0.259. The third kappa shape index (κ3) is 4.21. The van der Waals surface area contributed by atoms with Gasteiger partial charge in [0.1, 0.15) is 5.75 Å². The van der Waals surface area contributed by atoms with Crippen molar-refractivity contribution in [1.29, 1.82) is 0 Å². The zero-order chi connectivity index (χ0) is 18.7. The second-order valence-corrected chi connectivity index (χ2v) is 6.91. The van der Waals surface area contributed by atoms with Gasteiger partial charge in [0.2, 0.25) is 0 Å². The summed E-state index contributed by atoms with van der Waals surface area (Å²) in [4.78, 5) is 37.4. The van der Waals surface area contributed by atoms with E-state index in [-0.39, 0.29) is 17.7 Å². The number of aryl methyl sites for hydroxylation is 1. The quantitative estimate of drug-likeness (QED) is 0.461. The molecule has 3 rings (SSSR count). The highest BCUT2D eigenvalue weighted by Gasteiger charge is 2.34. The first-order valence-corrected chi connectivity index (χ1v) is 8.83. The van der Waals surface area contributed by atoms with E-state index in [0.717, 1.165) is 28.5 Å². The van der Waals surface area contributed by atoms with E-state index in [0.29, 0.717) is 10.7 Å². The van der Waals surface area contributed by atoms with E-state index in [1.807, 2.05) is 31.2 Å². The summed E-state index contributed by atoms with van der Waals surface area (Å²) in [5.74, 6) is -0.261. The molecule has 0 unspecified atom stereocenters. The third-order valence-electron chi connectivity index (χ3n) is 3.74. The predicted octanol–water partition coefficient (Wildman–Crippen LogP) is 4.16. The number of amides is 2. The first-order valence-electron chi connectivity index (χ1n) is 8.02. The fraction of sp³-hybridized carbons (Fsp3) is 0.150. The van der Waals surface area contributed by atoms with Crippen LogP contribution in [-0.2, 0) is 16.1 Å². The molecule has 1 aliphatic heterocycles. The van der Waals surface area contributed by atoms with Crippen LogP contribution in [0.4, 0.5) is 4.79 Å². The van der Waals surface area contributed by atoms with Gasteiger partial charge < -0.3 is 4.74 Å². The zero-order valence-electron chi connectivity index (χ0n) is 14.4. The molecule has 2 aromatic rings. The van der Waals surface area contributed by atoms with Crippen LogP contribution in [0.2, 0.25) is 0 Å². The minimum atomic E-state index is -0.394. The Morgan fingerprint density at radius 1 is 1.15 bits per heavy atom. The number of carbonyl (C=O) groups excluding carboxylic acids is 3. The smallest absolute Gasteiger partial charge is 0.308 e. The average molecular weight is 367 g/mol. The molecule has 0 aromatic heterocycles. The topological polar surface area (TPSA) is 63.7 Å². The second kappa shape index (κ2) is 7.58. The van der Waals surface area contributed by atoms with Gasteiger partial charge in [0, 0.05) is 6.92 Å². The highest BCUT2D eigenvalue weighted by atomic mass is 32.2. The van der Waals surface area contributed by atoms with Crippen molar-refractivity contribution in [2.75, 3.05) is 0 Å². The fourth-order valence-corrected chi connectivity index (χ4v) is 3.42. The van der Waals surface area contributed by atoms with Crippen molar-refractivity contribution in [1.82, 2.24) is 4.90 Å². The Kier molecular flexibility index (Phi) is 5.23. The summed E-state index contributed by atoms with van der Waals surface area (Å²) in [6.45, 7) is 3.56. The molecule has 0 aliphatic carbocycles. The molecule has 0 radical (unpaired) electrons. The van der Waals surface area contributed by atoms with Crippen molar-refractivity contribution in [3.63, 3.8) is 0 Å². The van der Waals surface area contributed by atoms with Crippen LogP contribution >= 0.6 is 11.8 Å². The number of rotatable bonds is 4. The monoisotopic (exact) mass is 367 g/mol. The molecular weight excluding hydrogens is 350 g/mol. The molecule has 1 aliphatic rings. The molecule has 26 heavy (non-hydrogen) atoms. The van der Waals surface area contributed by atoms with Crippen molar-refractivity contribution in [3.8, 4) is 5.75 Å². The van der Waals surface area contributed by atoms with Gasteiger partial charge in [0.25, 0.3) is 11.1 Å². The van der Waals surface area contributed by atoms with E-state index in [1.54, 1.807) is 30.3 Å². The molecule has 2 aromatic carbocycles. The van der Waals surface area contributed by atoms with Crippen molar-refractivity contribution in [2.24, 2.45) is 0 Å². The Hall–Kier alpha value is -2.86. The molecule has 6 heteroatoms. The Balaban J connectivity index is 1.75. The predicted molar refractivity (Wildman–Crippen MR) is 100 cm³/mol. The Morgan fingerprint density at radius 3 is 2.54 bits per heavy atom. The summed E-state index contributed by atoms with van der Waals surface area (Å²) >= 11 is 0.928. The van der Waals surface area contributed by atoms with E-state index in [9.17, 15) is 14.4 Å². The molecule has 0 N–H and O–H groups in total. The Morgan fingerprint density at radius 2 is 1.88 bits per heavy atom. The van der Waals surface area contributed by atoms with Crippen molar-refractivity contribution < 1.29 is 19.1 Å². The number of benzene rings is 2. The lowest BCUT2D eigenvalue weighted by Crippen LogP contribution is -2.27. The van der Waals surface area contributed by atoms with Gasteiger partial charge in [-0.3, -0.25) is 19.3 Å². The van der Waals surface area contributed by atoms with Gasteiger partial charge >= 0.3 is 5.97 Å². The molecule has 0 saturated carbocycles. The van der Waals surface area contributed by atoms with Crippen LogP contribution in [0.15, 0.2) is 53.4 Å². The van der Waals surface area contributed by atoms with Crippen LogP contribution in [0.25, 0.3) is 6.08 Å². The SMILES string of the molecule is CC(=O)Oc1ccc(/C=C2\SC(=O)N(Cc3cccc(C)c3)C2=O)cc1. The van der Waals surface area contributed by atoms with E-state index >= 15 is 0 Å². The van der Waals surface area contributed by atoms with Crippen molar-refractivity contribution in [3.05, 3.63) is 70.1 Å². The van der Waals surface area contributed by atoms with Gasteiger partial charge in [-0.05, 0) is 48.0 Å². The number of imide groups is 1. The first kappa shape index (κ1) is 17.9. The number of esters is 1. The van der Waals surface area contributed by atoms with Gasteiger partial charge in [-0.2, -0.15) is 0 Å². The van der Waals surface area contributed by atoms with Crippen molar-refractivity contribution >= 4 is 35.0 Å². The summed E-state index contributed by atoms with van der Waals surface area (Å²) < 4.78 is 4.98. The molecular formula is C20H17NO4S. The van der Waals surface area contributed by atoms with Gasteiger partial charge in [-0.15, -0.1) is 0 Å². The van der Waals surface area contributed by atoms with Gasteiger partial charge in [0.15, 0.2) is 0 Å². The van der Waals surface area contributed by atoms with Crippen LogP contribution in [-0.4, -0.2) is 22.0 Å². The normalized spacial score (nSPS) is 15.6. The molecule has 1 fully saturated rings. The lowest BCUT2D eigenvalue weighted by atomic mass is 10.1. The molecule has 0 bridgehead atoms. The standard InChI is InChI=1S/C20H17NO4S/c1-13-4-3-5-16(10-13)12-21-19(23)18(26-20(21)24)11-15-6-8-17(9-7-15)25-14(2)22/h3-11H,12H2,1-2H3/b18-11-. The van der Waals surface area contributed by atoms with Crippen LogP contribution < -0.4 is 4.74 Å². The van der Waals surface area contributed by atoms with Gasteiger partial charge in [-0.25, -0.2) is 0 Å². The summed E-state index contributed by atoms with van der Waals surface area (Å²) in [5.41, 5.74) is 2.75. The third-order valence-corrected chi connectivity index (χ3v) is 4.64. The number of carbonyl (C=O) groups is 3. The Labute approximate surface area is 155 Å². The molecule has 2 amide bonds. The maximum absolute atomic E-state index is 12.6. The molecule has 0 atom stereocenters. The minimum Gasteiger partial charge on any atom is -0.427 e. The van der Waals surface area contributed by atoms with Crippen LogP contribution in [0.1, 0.15) is 23.6 Å². The highest BCUT2D eigenvalue weighted by Crippen LogP contribution is 2.33. The van der Waals surface area contributed by atoms with Gasteiger partial charge in [0.05, 0.1) is 11.4 Å². The molecule has 5 nitrogen and oxygen atoms in total. The van der Waals surface area contributed by atoms with Crippen molar-refractivity contribution in [2.45, 2.75) is 20.4 Å². The molecule has 132 valence electrons. The molecule has 1 heterocycles. The van der Waals surface area contributed by atoms with E-state index in [2.05, 4.69) is 0 Å². The van der Waals surface area contributed by atoms with Gasteiger partial charge in [-0.1, -0.05) is 42.0 Å². The lowest BCUT2D eigenvalue weighted by Gasteiger charge is -2.12. The number of thioether (sulfide) groups is 1. The Bertz CT molecular complexity index is 902. The lowest BCUT2D eigenvalue weighted by molar-refractivity contribution is -0.131. The molecule has 1 saturated heterocycles. The largest absolute Gasteiger partial charge is 0.427 e. The van der Waals surface area contributed by atoms with E-state index in [4.69, 9.17) is 4.74 Å². The second-order valence-electron chi connectivity index (χ2n) is 5.92.